The summed E-state index contributed by atoms with van der Waals surface area (Å²) < 4.78 is 11.8. The third kappa shape index (κ3) is 6.27. The molecular formula is C21H36O2. The fourth-order valence-electron chi connectivity index (χ4n) is 2.71. The number of hydrogen-bond acceptors (Lipinski definition) is 2. The molecule has 0 fully saturated rings. The molecule has 0 heterocycles. The molecule has 1 aromatic carbocycles. The van der Waals surface area contributed by atoms with Crippen LogP contribution in [0.25, 0.3) is 0 Å². The van der Waals surface area contributed by atoms with Gasteiger partial charge in [0.1, 0.15) is 0 Å². The van der Waals surface area contributed by atoms with Gasteiger partial charge in [0.05, 0.1) is 25.4 Å². The van der Waals surface area contributed by atoms with Gasteiger partial charge < -0.3 is 9.47 Å². The van der Waals surface area contributed by atoms with E-state index in [1.54, 1.807) is 0 Å². The Morgan fingerprint density at radius 3 is 1.57 bits per heavy atom. The predicted molar refractivity (Wildman–Crippen MR) is 99.1 cm³/mol. The molecule has 0 saturated carbocycles. The summed E-state index contributed by atoms with van der Waals surface area (Å²) in [4.78, 5) is 0. The predicted octanol–water partition coefficient (Wildman–Crippen LogP) is 6.17. The standard InChI is InChI=1S/C21H36O2/c1-9-17(8)21-11-18(12-22-15(4)5)20(14(2)3)10-19(21)13-23-16(6)7/h10-11,14-17H,9,12-13H2,1-8H3. The van der Waals surface area contributed by atoms with Gasteiger partial charge >= 0.3 is 0 Å². The lowest BCUT2D eigenvalue weighted by molar-refractivity contribution is 0.0629. The van der Waals surface area contributed by atoms with E-state index in [9.17, 15) is 0 Å². The van der Waals surface area contributed by atoms with Crippen molar-refractivity contribution in [2.24, 2.45) is 0 Å². The Bertz CT molecular complexity index is 475. The lowest BCUT2D eigenvalue weighted by Gasteiger charge is -2.23. The minimum absolute atomic E-state index is 0.256. The van der Waals surface area contributed by atoms with Gasteiger partial charge in [-0.05, 0) is 68.2 Å². The van der Waals surface area contributed by atoms with Crippen molar-refractivity contribution in [3.63, 3.8) is 0 Å². The van der Waals surface area contributed by atoms with Crippen LogP contribution in [0.5, 0.6) is 0 Å². The Morgan fingerprint density at radius 1 is 0.739 bits per heavy atom. The van der Waals surface area contributed by atoms with Gasteiger partial charge in [-0.3, -0.25) is 0 Å². The van der Waals surface area contributed by atoms with Crippen molar-refractivity contribution in [2.75, 3.05) is 0 Å². The molecule has 0 saturated heterocycles. The summed E-state index contributed by atoms with van der Waals surface area (Å²) in [5, 5.41) is 0. The van der Waals surface area contributed by atoms with Gasteiger partial charge in [-0.2, -0.15) is 0 Å². The summed E-state index contributed by atoms with van der Waals surface area (Å²) >= 11 is 0. The zero-order valence-electron chi connectivity index (χ0n) is 16.4. The summed E-state index contributed by atoms with van der Waals surface area (Å²) in [6.45, 7) is 18.8. The quantitative estimate of drug-likeness (QED) is 0.541. The van der Waals surface area contributed by atoms with Gasteiger partial charge in [0.2, 0.25) is 0 Å². The second kappa shape index (κ2) is 9.44. The molecule has 0 amide bonds. The summed E-state index contributed by atoms with van der Waals surface area (Å²) in [5.74, 6) is 1.03. The number of benzene rings is 1. The second-order valence-electron chi connectivity index (χ2n) is 7.43. The van der Waals surface area contributed by atoms with E-state index < -0.39 is 0 Å². The normalized spacial score (nSPS) is 13.3. The lowest BCUT2D eigenvalue weighted by Crippen LogP contribution is -2.11. The molecule has 0 radical (unpaired) electrons. The maximum atomic E-state index is 5.90. The maximum Gasteiger partial charge on any atom is 0.0723 e. The van der Waals surface area contributed by atoms with Crippen molar-refractivity contribution < 1.29 is 9.47 Å². The summed E-state index contributed by atoms with van der Waals surface area (Å²) in [6, 6.07) is 4.72. The van der Waals surface area contributed by atoms with Crippen LogP contribution in [0.15, 0.2) is 12.1 Å². The van der Waals surface area contributed by atoms with Gasteiger partial charge in [0.15, 0.2) is 0 Å². The lowest BCUT2D eigenvalue weighted by atomic mass is 9.87. The molecule has 0 aliphatic heterocycles. The minimum atomic E-state index is 0.256. The molecule has 1 rings (SSSR count). The summed E-state index contributed by atoms with van der Waals surface area (Å²) in [5.41, 5.74) is 5.47. The molecular weight excluding hydrogens is 284 g/mol. The van der Waals surface area contributed by atoms with Gasteiger partial charge in [-0.15, -0.1) is 0 Å². The number of rotatable bonds is 9. The van der Waals surface area contributed by atoms with Crippen LogP contribution in [0.2, 0.25) is 0 Å². The van der Waals surface area contributed by atoms with Gasteiger partial charge in [0, 0.05) is 0 Å². The van der Waals surface area contributed by atoms with Gasteiger partial charge in [-0.1, -0.05) is 39.8 Å². The molecule has 132 valence electrons. The summed E-state index contributed by atoms with van der Waals surface area (Å²) in [7, 11) is 0. The molecule has 1 aromatic rings. The van der Waals surface area contributed by atoms with E-state index in [2.05, 4.69) is 67.5 Å². The van der Waals surface area contributed by atoms with Gasteiger partial charge in [0.25, 0.3) is 0 Å². The Kier molecular flexibility index (Phi) is 8.28. The number of hydrogen-bond donors (Lipinski definition) is 0. The van der Waals surface area contributed by atoms with Crippen molar-refractivity contribution in [3.8, 4) is 0 Å². The monoisotopic (exact) mass is 320 g/mol. The average Bonchev–Trinajstić information content (AvgIpc) is 2.49. The third-order valence-corrected chi connectivity index (χ3v) is 4.31. The molecule has 1 atom stereocenters. The Labute approximate surface area is 143 Å². The van der Waals surface area contributed by atoms with E-state index in [1.165, 1.54) is 22.3 Å². The van der Waals surface area contributed by atoms with Gasteiger partial charge in [-0.25, -0.2) is 0 Å². The molecule has 2 heteroatoms. The fraction of sp³-hybridized carbons (Fsp3) is 0.714. The van der Waals surface area contributed by atoms with Crippen LogP contribution >= 0.6 is 0 Å². The van der Waals surface area contributed by atoms with Crippen LogP contribution in [0.1, 0.15) is 95.9 Å². The Hall–Kier alpha value is -0.860. The molecule has 0 N–H and O–H groups in total. The van der Waals surface area contributed by atoms with Crippen molar-refractivity contribution in [1.82, 2.24) is 0 Å². The minimum Gasteiger partial charge on any atom is -0.374 e. The van der Waals surface area contributed by atoms with Crippen molar-refractivity contribution in [3.05, 3.63) is 34.4 Å². The first-order valence-corrected chi connectivity index (χ1v) is 9.14. The van der Waals surface area contributed by atoms with E-state index in [1.807, 2.05) is 0 Å². The van der Waals surface area contributed by atoms with Crippen LogP contribution < -0.4 is 0 Å². The molecule has 0 aliphatic rings. The largest absolute Gasteiger partial charge is 0.374 e. The second-order valence-corrected chi connectivity index (χ2v) is 7.43. The first-order chi connectivity index (χ1) is 10.8. The summed E-state index contributed by atoms with van der Waals surface area (Å²) in [6.07, 6.45) is 1.65. The van der Waals surface area contributed by atoms with Crippen molar-refractivity contribution in [1.29, 1.82) is 0 Å². The molecule has 2 nitrogen and oxygen atoms in total. The van der Waals surface area contributed by atoms with Crippen molar-refractivity contribution in [2.45, 2.75) is 99.1 Å². The Balaban J connectivity index is 3.24. The van der Waals surface area contributed by atoms with Crippen LogP contribution in [0, 0.1) is 0 Å². The molecule has 0 bridgehead atoms. The van der Waals surface area contributed by atoms with E-state index in [-0.39, 0.29) is 12.2 Å². The smallest absolute Gasteiger partial charge is 0.0723 e. The molecule has 1 unspecified atom stereocenters. The highest BCUT2D eigenvalue weighted by molar-refractivity contribution is 5.41. The maximum absolute atomic E-state index is 5.90. The molecule has 0 aromatic heterocycles. The third-order valence-electron chi connectivity index (χ3n) is 4.31. The zero-order chi connectivity index (χ0) is 17.6. The number of ether oxygens (including phenoxy) is 2. The fourth-order valence-corrected chi connectivity index (χ4v) is 2.71. The SMILES string of the molecule is CCC(C)c1cc(COC(C)C)c(C(C)C)cc1COC(C)C. The van der Waals surface area contributed by atoms with E-state index in [4.69, 9.17) is 9.47 Å². The molecule has 23 heavy (non-hydrogen) atoms. The van der Waals surface area contributed by atoms with Crippen molar-refractivity contribution >= 4 is 0 Å². The van der Waals surface area contributed by atoms with E-state index in [0.29, 0.717) is 25.0 Å². The highest BCUT2D eigenvalue weighted by atomic mass is 16.5. The van der Waals surface area contributed by atoms with Crippen LogP contribution in [0.4, 0.5) is 0 Å². The molecule has 0 aliphatic carbocycles. The van der Waals surface area contributed by atoms with Crippen LogP contribution in [0.3, 0.4) is 0 Å². The highest BCUT2D eigenvalue weighted by Gasteiger charge is 2.16. The average molecular weight is 321 g/mol. The van der Waals surface area contributed by atoms with Crippen LogP contribution in [-0.4, -0.2) is 12.2 Å². The topological polar surface area (TPSA) is 18.5 Å². The van der Waals surface area contributed by atoms with E-state index >= 15 is 0 Å². The first kappa shape index (κ1) is 20.2. The Morgan fingerprint density at radius 2 is 1.17 bits per heavy atom. The van der Waals surface area contributed by atoms with Crippen LogP contribution in [-0.2, 0) is 22.7 Å². The highest BCUT2D eigenvalue weighted by Crippen LogP contribution is 2.31. The van der Waals surface area contributed by atoms with E-state index in [0.717, 1.165) is 6.42 Å². The first-order valence-electron chi connectivity index (χ1n) is 9.14. The molecule has 0 spiro atoms. The zero-order valence-corrected chi connectivity index (χ0v) is 16.4.